The van der Waals surface area contributed by atoms with Crippen molar-refractivity contribution in [3.63, 3.8) is 0 Å². The summed E-state index contributed by atoms with van der Waals surface area (Å²) >= 11 is 0. The Morgan fingerprint density at radius 3 is 1.96 bits per heavy atom. The van der Waals surface area contributed by atoms with Crippen LogP contribution in [-0.4, -0.2) is 4.57 Å². The molecular weight excluding hydrogens is 597 g/mol. The Labute approximate surface area is 283 Å². The van der Waals surface area contributed by atoms with E-state index < -0.39 is 0 Å². The maximum atomic E-state index is 6.89. The fourth-order valence-electron chi connectivity index (χ4n) is 7.54. The van der Waals surface area contributed by atoms with E-state index in [4.69, 9.17) is 4.42 Å². The lowest BCUT2D eigenvalue weighted by Crippen LogP contribution is -2.10. The molecule has 0 radical (unpaired) electrons. The summed E-state index contributed by atoms with van der Waals surface area (Å²) in [6, 6.07) is 64.8. The van der Waals surface area contributed by atoms with Crippen molar-refractivity contribution in [2.45, 2.75) is 0 Å². The van der Waals surface area contributed by atoms with Gasteiger partial charge < -0.3 is 13.9 Å². The van der Waals surface area contributed by atoms with Crippen LogP contribution in [-0.2, 0) is 0 Å². The minimum absolute atomic E-state index is 0.864. The van der Waals surface area contributed by atoms with Crippen LogP contribution in [0.1, 0.15) is 0 Å². The lowest BCUT2D eigenvalue weighted by atomic mass is 10.0. The smallest absolute Gasteiger partial charge is 0.145 e. The Morgan fingerprint density at radius 2 is 1.12 bits per heavy atom. The first-order valence-corrected chi connectivity index (χ1v) is 16.7. The van der Waals surface area contributed by atoms with E-state index in [1.807, 2.05) is 0 Å². The van der Waals surface area contributed by atoms with Gasteiger partial charge in [0.25, 0.3) is 0 Å². The van der Waals surface area contributed by atoms with Crippen molar-refractivity contribution in [2.24, 2.45) is 0 Å². The molecule has 0 saturated heterocycles. The summed E-state index contributed by atoms with van der Waals surface area (Å²) in [6.45, 7) is 0. The van der Waals surface area contributed by atoms with Crippen LogP contribution < -0.4 is 4.90 Å². The highest BCUT2D eigenvalue weighted by atomic mass is 16.3. The van der Waals surface area contributed by atoms with Crippen molar-refractivity contribution in [3.05, 3.63) is 182 Å². The van der Waals surface area contributed by atoms with Crippen LogP contribution >= 0.6 is 0 Å². The van der Waals surface area contributed by atoms with Gasteiger partial charge in [0.15, 0.2) is 0 Å². The number of nitrogens with zero attached hydrogens (tertiary/aromatic N) is 2. The SMILES string of the molecule is c1ccc(-c2ccc(N(c3ccc4ccccc4c3)c3cccc4oc5c(ccc6c5c5ccccc5n6-c5ccccc5)c34)cc2)cc1. The Kier molecular flexibility index (Phi) is 6.18. The molecule has 0 aliphatic heterocycles. The zero-order valence-corrected chi connectivity index (χ0v) is 26.6. The largest absolute Gasteiger partial charge is 0.455 e. The van der Waals surface area contributed by atoms with Gasteiger partial charge in [0.2, 0.25) is 0 Å². The molecule has 3 heteroatoms. The second-order valence-electron chi connectivity index (χ2n) is 12.6. The second-order valence-corrected chi connectivity index (χ2v) is 12.6. The Hall–Kier alpha value is -6.58. The van der Waals surface area contributed by atoms with Crippen LogP contribution in [0, 0.1) is 0 Å². The minimum atomic E-state index is 0.864. The molecule has 0 N–H and O–H groups in total. The van der Waals surface area contributed by atoms with Crippen LogP contribution in [0.3, 0.4) is 0 Å². The molecule has 49 heavy (non-hydrogen) atoms. The Bertz CT molecular complexity index is 2810. The number of aromatic nitrogens is 1. The normalized spacial score (nSPS) is 11.7. The maximum Gasteiger partial charge on any atom is 0.145 e. The van der Waals surface area contributed by atoms with E-state index in [0.717, 1.165) is 61.1 Å². The van der Waals surface area contributed by atoms with Crippen molar-refractivity contribution in [3.8, 4) is 16.8 Å². The highest BCUT2D eigenvalue weighted by Crippen LogP contribution is 2.46. The van der Waals surface area contributed by atoms with E-state index in [9.17, 15) is 0 Å². The molecule has 10 rings (SSSR count). The summed E-state index contributed by atoms with van der Waals surface area (Å²) in [5, 5.41) is 6.91. The van der Waals surface area contributed by atoms with E-state index in [0.29, 0.717) is 0 Å². The fourth-order valence-corrected chi connectivity index (χ4v) is 7.54. The van der Waals surface area contributed by atoms with Crippen LogP contribution in [0.5, 0.6) is 0 Å². The number of hydrogen-bond acceptors (Lipinski definition) is 2. The highest BCUT2D eigenvalue weighted by Gasteiger charge is 2.23. The average molecular weight is 627 g/mol. The third-order valence-corrected chi connectivity index (χ3v) is 9.76. The van der Waals surface area contributed by atoms with E-state index in [2.05, 4.69) is 191 Å². The first-order chi connectivity index (χ1) is 24.3. The molecule has 0 saturated carbocycles. The van der Waals surface area contributed by atoms with Gasteiger partial charge in [0, 0.05) is 27.8 Å². The van der Waals surface area contributed by atoms with Crippen molar-refractivity contribution in [2.75, 3.05) is 4.90 Å². The van der Waals surface area contributed by atoms with Gasteiger partial charge in [-0.15, -0.1) is 0 Å². The molecule has 0 amide bonds. The first-order valence-electron chi connectivity index (χ1n) is 16.7. The van der Waals surface area contributed by atoms with Gasteiger partial charge in [0.1, 0.15) is 11.2 Å². The first kappa shape index (κ1) is 27.5. The van der Waals surface area contributed by atoms with Crippen molar-refractivity contribution < 1.29 is 4.42 Å². The standard InChI is InChI=1S/C46H30N2O/c1-3-12-31(13-4-1)33-22-25-36(26-23-33)47(37-27-24-32-14-7-8-15-34(32)30-37)41-20-11-21-43-44(41)39-28-29-42-45(46(39)49-43)38-18-9-10-19-40(38)48(42)35-16-5-2-6-17-35/h1-30H. The quantitative estimate of drug-likeness (QED) is 0.190. The number of rotatable bonds is 5. The van der Waals surface area contributed by atoms with Crippen LogP contribution in [0.2, 0.25) is 0 Å². The van der Waals surface area contributed by atoms with Gasteiger partial charge >= 0.3 is 0 Å². The number of anilines is 3. The molecule has 2 heterocycles. The van der Waals surface area contributed by atoms with Gasteiger partial charge in [-0.3, -0.25) is 0 Å². The zero-order chi connectivity index (χ0) is 32.3. The maximum absolute atomic E-state index is 6.89. The Balaban J connectivity index is 1.24. The second kappa shape index (κ2) is 11.0. The molecule has 230 valence electrons. The van der Waals surface area contributed by atoms with Gasteiger partial charge in [-0.2, -0.15) is 0 Å². The third kappa shape index (κ3) is 4.37. The topological polar surface area (TPSA) is 21.3 Å². The number of furan rings is 1. The number of para-hydroxylation sites is 2. The Morgan fingerprint density at radius 1 is 0.429 bits per heavy atom. The summed E-state index contributed by atoms with van der Waals surface area (Å²) in [4.78, 5) is 2.37. The molecule has 0 fully saturated rings. The van der Waals surface area contributed by atoms with Gasteiger partial charge in [-0.05, 0) is 88.6 Å². The summed E-state index contributed by atoms with van der Waals surface area (Å²) in [7, 11) is 0. The van der Waals surface area contributed by atoms with Gasteiger partial charge in [0.05, 0.1) is 27.5 Å². The van der Waals surface area contributed by atoms with Crippen molar-refractivity contribution >= 4 is 71.6 Å². The zero-order valence-electron chi connectivity index (χ0n) is 26.6. The van der Waals surface area contributed by atoms with E-state index in [1.54, 1.807) is 0 Å². The number of hydrogen-bond donors (Lipinski definition) is 0. The predicted molar refractivity (Wildman–Crippen MR) is 206 cm³/mol. The van der Waals surface area contributed by atoms with Crippen LogP contribution in [0.25, 0.3) is 71.3 Å². The number of fused-ring (bicyclic) bond motifs is 8. The summed E-state index contributed by atoms with van der Waals surface area (Å²) in [6.07, 6.45) is 0. The summed E-state index contributed by atoms with van der Waals surface area (Å²) in [5.41, 5.74) is 10.8. The molecule has 0 aliphatic carbocycles. The highest BCUT2D eigenvalue weighted by molar-refractivity contribution is 6.26. The minimum Gasteiger partial charge on any atom is -0.455 e. The predicted octanol–water partition coefficient (Wildman–Crippen LogP) is 13.0. The molecule has 0 atom stereocenters. The monoisotopic (exact) mass is 626 g/mol. The molecule has 2 aromatic heterocycles. The van der Waals surface area contributed by atoms with Crippen LogP contribution in [0.4, 0.5) is 17.1 Å². The van der Waals surface area contributed by atoms with Gasteiger partial charge in [-0.25, -0.2) is 0 Å². The third-order valence-electron chi connectivity index (χ3n) is 9.76. The molecule has 10 aromatic rings. The molecule has 3 nitrogen and oxygen atoms in total. The lowest BCUT2D eigenvalue weighted by molar-refractivity contribution is 0.673. The molecule has 0 unspecified atom stereocenters. The fraction of sp³-hybridized carbons (Fsp3) is 0. The molecular formula is C46H30N2O. The molecule has 0 bridgehead atoms. The molecule has 8 aromatic carbocycles. The number of benzene rings is 8. The summed E-state index contributed by atoms with van der Waals surface area (Å²) < 4.78 is 9.23. The van der Waals surface area contributed by atoms with E-state index in [-0.39, 0.29) is 0 Å². The lowest BCUT2D eigenvalue weighted by Gasteiger charge is -2.27. The van der Waals surface area contributed by atoms with Crippen LogP contribution in [0.15, 0.2) is 186 Å². The van der Waals surface area contributed by atoms with Crippen molar-refractivity contribution in [1.29, 1.82) is 0 Å². The molecule has 0 spiro atoms. The van der Waals surface area contributed by atoms with E-state index in [1.165, 1.54) is 27.3 Å². The average Bonchev–Trinajstić information content (AvgIpc) is 3.72. The van der Waals surface area contributed by atoms with Gasteiger partial charge in [-0.1, -0.05) is 115 Å². The van der Waals surface area contributed by atoms with E-state index >= 15 is 0 Å². The summed E-state index contributed by atoms with van der Waals surface area (Å²) in [5.74, 6) is 0. The molecule has 0 aliphatic rings. The van der Waals surface area contributed by atoms with Crippen molar-refractivity contribution in [1.82, 2.24) is 4.57 Å².